The number of carboxylic acid groups (broad SMARTS) is 1. The Bertz CT molecular complexity index is 677. The van der Waals surface area contributed by atoms with Gasteiger partial charge in [0.2, 0.25) is 23.6 Å². The van der Waals surface area contributed by atoms with Gasteiger partial charge in [0, 0.05) is 0 Å². The summed E-state index contributed by atoms with van der Waals surface area (Å²) in [5.41, 5.74) is 16.4. The number of unbranched alkanes of at least 4 members (excludes halogenated alkanes) is 1. The first-order chi connectivity index (χ1) is 15.4. The predicted molar refractivity (Wildman–Crippen MR) is 126 cm³/mol. The van der Waals surface area contributed by atoms with Gasteiger partial charge in [-0.1, -0.05) is 13.8 Å². The van der Waals surface area contributed by atoms with Crippen LogP contribution in [0.25, 0.3) is 0 Å². The van der Waals surface area contributed by atoms with Gasteiger partial charge in [-0.15, -0.1) is 0 Å². The van der Waals surface area contributed by atoms with Crippen molar-refractivity contribution in [1.29, 1.82) is 0 Å². The molecular formula is C20H38N6O6S. The Hall–Kier alpha value is -2.38. The number of primary amides is 1. The van der Waals surface area contributed by atoms with Crippen molar-refractivity contribution in [2.24, 2.45) is 23.1 Å². The van der Waals surface area contributed by atoms with Gasteiger partial charge in [-0.05, 0) is 50.2 Å². The van der Waals surface area contributed by atoms with Gasteiger partial charge in [0.1, 0.15) is 18.1 Å². The van der Waals surface area contributed by atoms with Crippen molar-refractivity contribution in [1.82, 2.24) is 16.0 Å². The molecular weight excluding hydrogens is 452 g/mol. The van der Waals surface area contributed by atoms with E-state index in [-0.39, 0.29) is 6.42 Å². The third-order valence-corrected chi connectivity index (χ3v) is 5.46. The molecule has 190 valence electrons. The van der Waals surface area contributed by atoms with E-state index in [1.165, 1.54) is 11.8 Å². The molecule has 12 nitrogen and oxygen atoms in total. The Balaban J connectivity index is 5.34. The number of nitrogens with one attached hydrogen (secondary N) is 3. The Morgan fingerprint density at radius 1 is 0.909 bits per heavy atom. The molecule has 0 aromatic rings. The van der Waals surface area contributed by atoms with Gasteiger partial charge >= 0.3 is 5.97 Å². The summed E-state index contributed by atoms with van der Waals surface area (Å²) in [6.45, 7) is 3.72. The van der Waals surface area contributed by atoms with Gasteiger partial charge in [-0.2, -0.15) is 11.8 Å². The minimum absolute atomic E-state index is 0.186. The summed E-state index contributed by atoms with van der Waals surface area (Å²) in [6.07, 6.45) is 3.04. The minimum Gasteiger partial charge on any atom is -0.480 e. The number of carbonyl (C=O) groups excluding carboxylic acids is 4. The molecule has 0 aromatic carbocycles. The summed E-state index contributed by atoms with van der Waals surface area (Å²) in [5.74, 6) is -3.94. The van der Waals surface area contributed by atoms with E-state index in [0.717, 1.165) is 0 Å². The van der Waals surface area contributed by atoms with E-state index >= 15 is 0 Å². The molecule has 4 atom stereocenters. The first-order valence-electron chi connectivity index (χ1n) is 10.8. The molecule has 0 saturated carbocycles. The van der Waals surface area contributed by atoms with Crippen LogP contribution >= 0.6 is 11.8 Å². The molecule has 0 aliphatic carbocycles. The summed E-state index contributed by atoms with van der Waals surface area (Å²) in [7, 11) is 0. The Labute approximate surface area is 198 Å². The average molecular weight is 491 g/mol. The van der Waals surface area contributed by atoms with Crippen LogP contribution < -0.4 is 33.2 Å². The standard InChI is InChI=1S/C20H38N6O6S/c1-11(2)16(19(30)24-13(20(31)32)6-4-5-8-21)26-18(29)14(10-15(23)27)25-17(28)12(22)7-9-33-3/h11-14,16H,4-10,21-22H2,1-3H3,(H2,23,27)(H,24,30)(H,25,28)(H,26,29)(H,31,32). The molecule has 4 unspecified atom stereocenters. The topological polar surface area (TPSA) is 220 Å². The predicted octanol–water partition coefficient (Wildman–Crippen LogP) is -1.73. The average Bonchev–Trinajstić information content (AvgIpc) is 2.73. The molecule has 0 aromatic heterocycles. The highest BCUT2D eigenvalue weighted by molar-refractivity contribution is 7.98. The van der Waals surface area contributed by atoms with Gasteiger partial charge in [-0.25, -0.2) is 4.79 Å². The number of amides is 4. The first-order valence-corrected chi connectivity index (χ1v) is 12.2. The number of carboxylic acids is 1. The van der Waals surface area contributed by atoms with Crippen LogP contribution in [0.3, 0.4) is 0 Å². The number of rotatable bonds is 17. The maximum absolute atomic E-state index is 12.8. The van der Waals surface area contributed by atoms with E-state index in [4.69, 9.17) is 17.2 Å². The summed E-state index contributed by atoms with van der Waals surface area (Å²) in [6, 6.07) is -4.46. The number of nitrogens with two attached hydrogens (primary N) is 3. The fraction of sp³-hybridized carbons (Fsp3) is 0.750. The second kappa shape index (κ2) is 16.3. The molecule has 13 heteroatoms. The molecule has 0 heterocycles. The summed E-state index contributed by atoms with van der Waals surface area (Å²) in [5, 5.41) is 16.7. The maximum Gasteiger partial charge on any atom is 0.326 e. The highest BCUT2D eigenvalue weighted by Gasteiger charge is 2.32. The number of thioether (sulfide) groups is 1. The second-order valence-electron chi connectivity index (χ2n) is 8.03. The molecule has 0 bridgehead atoms. The molecule has 0 spiro atoms. The molecule has 4 amide bonds. The van der Waals surface area contributed by atoms with Gasteiger partial charge in [-0.3, -0.25) is 19.2 Å². The number of carbonyl (C=O) groups is 5. The van der Waals surface area contributed by atoms with Gasteiger partial charge in [0.25, 0.3) is 0 Å². The smallest absolute Gasteiger partial charge is 0.326 e. The van der Waals surface area contributed by atoms with E-state index in [1.807, 2.05) is 6.26 Å². The fourth-order valence-corrected chi connectivity index (χ4v) is 3.36. The van der Waals surface area contributed by atoms with E-state index in [2.05, 4.69) is 16.0 Å². The second-order valence-corrected chi connectivity index (χ2v) is 9.02. The van der Waals surface area contributed by atoms with Crippen LogP contribution in [0, 0.1) is 5.92 Å². The van der Waals surface area contributed by atoms with Crippen LogP contribution in [0.5, 0.6) is 0 Å². The van der Waals surface area contributed by atoms with E-state index in [9.17, 15) is 29.1 Å². The monoisotopic (exact) mass is 490 g/mol. The highest BCUT2D eigenvalue weighted by atomic mass is 32.2. The summed E-state index contributed by atoms with van der Waals surface area (Å²) >= 11 is 1.50. The first kappa shape index (κ1) is 30.6. The third-order valence-electron chi connectivity index (χ3n) is 4.82. The third kappa shape index (κ3) is 12.4. The van der Waals surface area contributed by atoms with Crippen LogP contribution in [-0.2, 0) is 24.0 Å². The SMILES string of the molecule is CSCCC(N)C(=O)NC(CC(N)=O)C(=O)NC(C(=O)NC(CCCCN)C(=O)O)C(C)C. The van der Waals surface area contributed by atoms with Crippen molar-refractivity contribution in [3.63, 3.8) is 0 Å². The zero-order chi connectivity index (χ0) is 25.6. The van der Waals surface area contributed by atoms with E-state index in [0.29, 0.717) is 31.6 Å². The lowest BCUT2D eigenvalue weighted by atomic mass is 10.0. The molecule has 33 heavy (non-hydrogen) atoms. The number of aliphatic carboxylic acids is 1. The Kier molecular flexibility index (Phi) is 15.1. The minimum atomic E-state index is -1.33. The van der Waals surface area contributed by atoms with Crippen LogP contribution in [0.4, 0.5) is 0 Å². The molecule has 10 N–H and O–H groups in total. The van der Waals surface area contributed by atoms with E-state index in [1.54, 1.807) is 13.8 Å². The van der Waals surface area contributed by atoms with Gasteiger partial charge < -0.3 is 38.3 Å². The van der Waals surface area contributed by atoms with Crippen LogP contribution in [0.15, 0.2) is 0 Å². The zero-order valence-corrected chi connectivity index (χ0v) is 20.3. The van der Waals surface area contributed by atoms with Crippen LogP contribution in [-0.4, -0.2) is 77.4 Å². The lowest BCUT2D eigenvalue weighted by molar-refractivity contribution is -0.143. The molecule has 0 saturated heterocycles. The van der Waals surface area contributed by atoms with Crippen molar-refractivity contribution in [2.75, 3.05) is 18.6 Å². The molecule has 0 radical (unpaired) electrons. The fourth-order valence-electron chi connectivity index (χ4n) is 2.87. The quantitative estimate of drug-likeness (QED) is 0.115. The summed E-state index contributed by atoms with van der Waals surface area (Å²) in [4.78, 5) is 60.8. The lowest BCUT2D eigenvalue weighted by Gasteiger charge is -2.26. The molecule has 0 rings (SSSR count). The van der Waals surface area contributed by atoms with Crippen LogP contribution in [0.2, 0.25) is 0 Å². The molecule has 0 fully saturated rings. The lowest BCUT2D eigenvalue weighted by Crippen LogP contribution is -2.59. The Morgan fingerprint density at radius 2 is 1.52 bits per heavy atom. The van der Waals surface area contributed by atoms with Gasteiger partial charge in [0.05, 0.1) is 12.5 Å². The van der Waals surface area contributed by atoms with Crippen molar-refractivity contribution in [3.8, 4) is 0 Å². The Morgan fingerprint density at radius 3 is 2.00 bits per heavy atom. The van der Waals surface area contributed by atoms with Crippen LogP contribution in [0.1, 0.15) is 46.0 Å². The zero-order valence-electron chi connectivity index (χ0n) is 19.5. The normalized spacial score (nSPS) is 14.6. The van der Waals surface area contributed by atoms with Crippen molar-refractivity contribution in [3.05, 3.63) is 0 Å². The van der Waals surface area contributed by atoms with Crippen molar-refractivity contribution in [2.45, 2.75) is 70.1 Å². The number of hydrogen-bond donors (Lipinski definition) is 7. The van der Waals surface area contributed by atoms with Crippen molar-refractivity contribution < 1.29 is 29.1 Å². The largest absolute Gasteiger partial charge is 0.480 e. The van der Waals surface area contributed by atoms with Gasteiger partial charge in [0.15, 0.2) is 0 Å². The van der Waals surface area contributed by atoms with Crippen molar-refractivity contribution >= 4 is 41.4 Å². The van der Waals surface area contributed by atoms with E-state index < -0.39 is 66.1 Å². The number of hydrogen-bond acceptors (Lipinski definition) is 8. The molecule has 0 aliphatic heterocycles. The maximum atomic E-state index is 12.8. The molecule has 0 aliphatic rings. The summed E-state index contributed by atoms with van der Waals surface area (Å²) < 4.78 is 0. The highest BCUT2D eigenvalue weighted by Crippen LogP contribution is 2.07.